The van der Waals surface area contributed by atoms with Gasteiger partial charge in [0.1, 0.15) is 5.01 Å². The third-order valence-corrected chi connectivity index (χ3v) is 5.61. The highest BCUT2D eigenvalue weighted by molar-refractivity contribution is 7.15. The molecule has 9 heteroatoms. The Kier molecular flexibility index (Phi) is 12.1. The summed E-state index contributed by atoms with van der Waals surface area (Å²) in [4.78, 5) is 16.5. The van der Waals surface area contributed by atoms with E-state index in [1.807, 2.05) is 39.0 Å². The minimum atomic E-state index is -0.142. The molecule has 1 amide bonds. The molecule has 0 aliphatic heterocycles. The van der Waals surface area contributed by atoms with E-state index in [0.717, 1.165) is 64.1 Å². The van der Waals surface area contributed by atoms with E-state index in [4.69, 9.17) is 0 Å². The Morgan fingerprint density at radius 3 is 2.50 bits per heavy atom. The minimum absolute atomic E-state index is 0.142. The van der Waals surface area contributed by atoms with E-state index in [-0.39, 0.29) is 12.3 Å². The van der Waals surface area contributed by atoms with Gasteiger partial charge in [0.2, 0.25) is 11.0 Å². The van der Waals surface area contributed by atoms with Gasteiger partial charge in [-0.25, -0.2) is 0 Å². The molecule has 2 aromatic rings. The molecular weight excluding hydrogens is 470 g/mol. The number of aryl methyl sites for hydroxylation is 2. The predicted octanol–water partition coefficient (Wildman–Crippen LogP) is 6.22. The predicted molar refractivity (Wildman–Crippen MR) is 150 cm³/mol. The first-order valence-electron chi connectivity index (χ1n) is 11.8. The number of nitrogens with zero attached hydrogens (tertiary/aromatic N) is 5. The molecule has 2 aromatic heterocycles. The zero-order valence-electron chi connectivity index (χ0n) is 21.4. The van der Waals surface area contributed by atoms with Crippen molar-refractivity contribution in [1.29, 1.82) is 0 Å². The van der Waals surface area contributed by atoms with Crippen molar-refractivity contribution in [2.24, 2.45) is 4.99 Å². The van der Waals surface area contributed by atoms with Crippen molar-refractivity contribution < 1.29 is 4.79 Å². The van der Waals surface area contributed by atoms with Gasteiger partial charge in [0.25, 0.3) is 0 Å². The smallest absolute Gasteiger partial charge is 0.229 e. The van der Waals surface area contributed by atoms with E-state index >= 15 is 0 Å². The Labute approximate surface area is 217 Å². The van der Waals surface area contributed by atoms with Crippen molar-refractivity contribution in [3.05, 3.63) is 83.3 Å². The van der Waals surface area contributed by atoms with Gasteiger partial charge in [-0.15, -0.1) is 15.3 Å². The molecule has 8 nitrogen and oxygen atoms in total. The van der Waals surface area contributed by atoms with Crippen LogP contribution >= 0.6 is 11.3 Å². The Bertz CT molecular complexity index is 1140. The summed E-state index contributed by atoms with van der Waals surface area (Å²) in [5.41, 5.74) is 4.42. The van der Waals surface area contributed by atoms with Crippen LogP contribution in [0.4, 0.5) is 10.9 Å². The monoisotopic (exact) mass is 505 g/mol. The molecule has 2 heterocycles. The summed E-state index contributed by atoms with van der Waals surface area (Å²) in [7, 11) is 0. The Hall–Kier alpha value is -3.72. The average molecular weight is 506 g/mol. The first-order valence-corrected chi connectivity index (χ1v) is 12.6. The van der Waals surface area contributed by atoms with Crippen LogP contribution in [0.25, 0.3) is 0 Å². The molecule has 0 saturated carbocycles. The molecule has 2 rings (SSSR count). The summed E-state index contributed by atoms with van der Waals surface area (Å²) in [6.45, 7) is 17.4. The first-order chi connectivity index (χ1) is 17.3. The van der Waals surface area contributed by atoms with Crippen molar-refractivity contribution in [2.75, 3.05) is 10.6 Å². The van der Waals surface area contributed by atoms with Gasteiger partial charge >= 0.3 is 0 Å². The second-order valence-electron chi connectivity index (χ2n) is 8.40. The molecule has 0 radical (unpaired) electrons. The molecule has 2 N–H and O–H groups in total. The minimum Gasteiger partial charge on any atom is -0.334 e. The van der Waals surface area contributed by atoms with Crippen LogP contribution in [0.3, 0.4) is 0 Å². The summed E-state index contributed by atoms with van der Waals surface area (Å²) in [6.07, 6.45) is 11.5. The summed E-state index contributed by atoms with van der Waals surface area (Å²) in [5, 5.41) is 24.5. The molecule has 0 aliphatic rings. The lowest BCUT2D eigenvalue weighted by molar-refractivity contribution is -0.115. The van der Waals surface area contributed by atoms with Crippen LogP contribution in [-0.2, 0) is 17.6 Å². The molecule has 0 saturated heterocycles. The summed E-state index contributed by atoms with van der Waals surface area (Å²) in [5.74, 6) is 0.302. The highest BCUT2D eigenvalue weighted by Gasteiger charge is 2.08. The van der Waals surface area contributed by atoms with Gasteiger partial charge in [-0.3, -0.25) is 9.79 Å². The number of rotatable bonds is 15. The number of carbonyl (C=O) groups excluding carboxylic acids is 1. The van der Waals surface area contributed by atoms with Crippen LogP contribution in [-0.4, -0.2) is 32.5 Å². The zero-order chi connectivity index (χ0) is 26.3. The normalized spacial score (nSPS) is 11.2. The molecule has 0 aliphatic carbocycles. The highest BCUT2D eigenvalue weighted by atomic mass is 32.1. The van der Waals surface area contributed by atoms with Crippen LogP contribution in [0.5, 0.6) is 0 Å². The molecule has 0 unspecified atom stereocenters. The van der Waals surface area contributed by atoms with Crippen LogP contribution in [0.15, 0.2) is 77.6 Å². The second-order valence-corrected chi connectivity index (χ2v) is 9.46. The van der Waals surface area contributed by atoms with E-state index in [9.17, 15) is 4.79 Å². The fourth-order valence-corrected chi connectivity index (χ4v) is 4.10. The van der Waals surface area contributed by atoms with Crippen molar-refractivity contribution in [3.63, 3.8) is 0 Å². The molecule has 0 aromatic carbocycles. The average Bonchev–Trinajstić information content (AvgIpc) is 3.24. The number of anilines is 2. The molecule has 0 spiro atoms. The van der Waals surface area contributed by atoms with Gasteiger partial charge in [0, 0.05) is 30.5 Å². The van der Waals surface area contributed by atoms with Crippen molar-refractivity contribution in [1.82, 2.24) is 20.4 Å². The van der Waals surface area contributed by atoms with E-state index in [2.05, 4.69) is 55.8 Å². The van der Waals surface area contributed by atoms with E-state index < -0.39 is 0 Å². The third-order valence-electron chi connectivity index (χ3n) is 4.71. The first kappa shape index (κ1) is 28.5. The topological polar surface area (TPSA) is 105 Å². The molecule has 190 valence electrons. The van der Waals surface area contributed by atoms with E-state index in [1.54, 1.807) is 18.4 Å². The standard InChI is InChI=1S/C27H35N7OS/c1-7-11-22(16-19(3)4)18-25(35)30-24-15-14-23(31-32-24)12-9-10-13-26-33-34-27(36-26)29-21(6)17-20(5)28-8-2/h7-8,11,14-16H,1,5-6,9-10,12-13,17-18H2,2-4H3,(H,29,34)(H,30,32,35)/b22-11+,28-8?. The molecule has 36 heavy (non-hydrogen) atoms. The number of allylic oxidation sites excluding steroid dienone is 4. The third kappa shape index (κ3) is 11.1. The molecule has 0 fully saturated rings. The van der Waals surface area contributed by atoms with Gasteiger partial charge in [-0.05, 0) is 57.7 Å². The Morgan fingerprint density at radius 1 is 1.06 bits per heavy atom. The van der Waals surface area contributed by atoms with Crippen molar-refractivity contribution >= 4 is 34.4 Å². The maximum atomic E-state index is 12.3. The van der Waals surface area contributed by atoms with Crippen LogP contribution in [0.1, 0.15) is 57.2 Å². The quantitative estimate of drug-likeness (QED) is 0.169. The van der Waals surface area contributed by atoms with Gasteiger partial charge in [0.05, 0.1) is 12.1 Å². The maximum absolute atomic E-state index is 12.3. The number of aromatic nitrogens is 4. The molecular formula is C27H35N7OS. The van der Waals surface area contributed by atoms with Gasteiger partial charge in [-0.1, -0.05) is 54.9 Å². The molecule has 0 bridgehead atoms. The fourth-order valence-electron chi connectivity index (χ4n) is 3.27. The Balaban J connectivity index is 1.73. The number of carbonyl (C=O) groups is 1. The van der Waals surface area contributed by atoms with Crippen molar-refractivity contribution in [2.45, 2.75) is 59.3 Å². The van der Waals surface area contributed by atoms with Gasteiger partial charge in [0.15, 0.2) is 5.82 Å². The number of nitrogens with one attached hydrogen (secondary N) is 2. The van der Waals surface area contributed by atoms with E-state index in [0.29, 0.717) is 12.2 Å². The maximum Gasteiger partial charge on any atom is 0.229 e. The number of unbranched alkanes of at least 4 members (excludes halogenated alkanes) is 1. The number of hydrogen-bond acceptors (Lipinski definition) is 8. The van der Waals surface area contributed by atoms with Crippen molar-refractivity contribution in [3.8, 4) is 0 Å². The summed E-state index contributed by atoms with van der Waals surface area (Å²) < 4.78 is 0. The van der Waals surface area contributed by atoms with Gasteiger partial charge < -0.3 is 10.6 Å². The second kappa shape index (κ2) is 15.3. The summed E-state index contributed by atoms with van der Waals surface area (Å²) in [6, 6.07) is 3.68. The molecule has 0 atom stereocenters. The zero-order valence-corrected chi connectivity index (χ0v) is 22.2. The number of amides is 1. The largest absolute Gasteiger partial charge is 0.334 e. The number of hydrogen-bond donors (Lipinski definition) is 2. The highest BCUT2D eigenvalue weighted by Crippen LogP contribution is 2.21. The van der Waals surface area contributed by atoms with E-state index in [1.165, 1.54) is 11.3 Å². The number of aliphatic imine (C=N–C) groups is 1. The SMILES string of the molecule is C=C/C=C(\C=C(C)C)CC(=O)Nc1ccc(CCCCc2nnc(NC(=C)CC(=C)N=CC)s2)nn1. The lowest BCUT2D eigenvalue weighted by atomic mass is 10.1. The Morgan fingerprint density at radius 2 is 1.83 bits per heavy atom. The van der Waals surface area contributed by atoms with Crippen LogP contribution < -0.4 is 10.6 Å². The lowest BCUT2D eigenvalue weighted by Crippen LogP contribution is -2.13. The fraction of sp³-hybridized carbons (Fsp3) is 0.333. The summed E-state index contributed by atoms with van der Waals surface area (Å²) >= 11 is 1.52. The van der Waals surface area contributed by atoms with Crippen LogP contribution in [0.2, 0.25) is 0 Å². The lowest BCUT2D eigenvalue weighted by Gasteiger charge is -2.06. The van der Waals surface area contributed by atoms with Crippen LogP contribution in [0, 0.1) is 0 Å². The van der Waals surface area contributed by atoms with Gasteiger partial charge in [-0.2, -0.15) is 5.10 Å².